The molecule has 1 unspecified atom stereocenters. The Morgan fingerprint density at radius 3 is 2.81 bits per heavy atom. The van der Waals surface area contributed by atoms with Crippen molar-refractivity contribution >= 4 is 11.4 Å². The fourth-order valence-electron chi connectivity index (χ4n) is 2.66. The van der Waals surface area contributed by atoms with Gasteiger partial charge in [-0.3, -0.25) is 10.1 Å². The number of anilines is 1. The van der Waals surface area contributed by atoms with E-state index in [-0.39, 0.29) is 11.3 Å². The first-order valence-corrected chi connectivity index (χ1v) is 7.25. The molecule has 1 saturated heterocycles. The largest absolute Gasteiger partial charge is 0.385 e. The standard InChI is InChI=1S/C15H20N4O2/c1-12(11-18-6-2-3-7-18)10-17-14-4-5-15(19(20)21)13(8-14)9-16/h4-5,8,12,17H,2-3,6-7,10-11H2,1H3. The van der Waals surface area contributed by atoms with Crippen molar-refractivity contribution in [2.75, 3.05) is 31.5 Å². The van der Waals surface area contributed by atoms with E-state index < -0.39 is 4.92 Å². The van der Waals surface area contributed by atoms with E-state index in [1.54, 1.807) is 12.1 Å². The second-order valence-corrected chi connectivity index (χ2v) is 5.59. The van der Waals surface area contributed by atoms with E-state index in [2.05, 4.69) is 17.1 Å². The Balaban J connectivity index is 1.90. The molecule has 21 heavy (non-hydrogen) atoms. The number of likely N-dealkylation sites (tertiary alicyclic amines) is 1. The molecule has 0 aromatic heterocycles. The lowest BCUT2D eigenvalue weighted by Crippen LogP contribution is -2.28. The van der Waals surface area contributed by atoms with Crippen molar-refractivity contribution in [2.24, 2.45) is 5.92 Å². The van der Waals surface area contributed by atoms with Crippen LogP contribution in [0.1, 0.15) is 25.3 Å². The lowest BCUT2D eigenvalue weighted by Gasteiger charge is -2.20. The zero-order valence-corrected chi connectivity index (χ0v) is 12.2. The SMILES string of the molecule is CC(CNc1ccc([N+](=O)[O-])c(C#N)c1)CN1CCCC1. The van der Waals surface area contributed by atoms with Crippen molar-refractivity contribution in [1.29, 1.82) is 5.26 Å². The van der Waals surface area contributed by atoms with Gasteiger partial charge in [0.15, 0.2) is 0 Å². The molecular formula is C15H20N4O2. The zero-order chi connectivity index (χ0) is 15.2. The smallest absolute Gasteiger partial charge is 0.287 e. The number of hydrogen-bond acceptors (Lipinski definition) is 5. The van der Waals surface area contributed by atoms with Crippen LogP contribution in [0.25, 0.3) is 0 Å². The maximum Gasteiger partial charge on any atom is 0.287 e. The summed E-state index contributed by atoms with van der Waals surface area (Å²) >= 11 is 0. The van der Waals surface area contributed by atoms with Crippen LogP contribution in [0.15, 0.2) is 18.2 Å². The molecule has 2 rings (SSSR count). The fourth-order valence-corrected chi connectivity index (χ4v) is 2.66. The molecule has 1 aliphatic heterocycles. The molecule has 1 aliphatic rings. The van der Waals surface area contributed by atoms with Crippen molar-refractivity contribution < 1.29 is 4.92 Å². The highest BCUT2D eigenvalue weighted by Crippen LogP contribution is 2.22. The van der Waals surface area contributed by atoms with Gasteiger partial charge in [-0.25, -0.2) is 0 Å². The Morgan fingerprint density at radius 1 is 1.48 bits per heavy atom. The minimum Gasteiger partial charge on any atom is -0.385 e. The van der Waals surface area contributed by atoms with E-state index in [0.29, 0.717) is 5.92 Å². The molecule has 6 heteroatoms. The van der Waals surface area contributed by atoms with Gasteiger partial charge in [-0.1, -0.05) is 6.92 Å². The lowest BCUT2D eigenvalue weighted by atomic mass is 10.1. The van der Waals surface area contributed by atoms with Gasteiger partial charge >= 0.3 is 0 Å². The van der Waals surface area contributed by atoms with Crippen LogP contribution in [0.3, 0.4) is 0 Å². The highest BCUT2D eigenvalue weighted by molar-refractivity contribution is 5.58. The van der Waals surface area contributed by atoms with Crippen LogP contribution in [-0.4, -0.2) is 36.0 Å². The number of rotatable bonds is 6. The molecular weight excluding hydrogens is 268 g/mol. The molecule has 1 aromatic rings. The minimum atomic E-state index is -0.529. The summed E-state index contributed by atoms with van der Waals surface area (Å²) in [5, 5.41) is 23.0. The van der Waals surface area contributed by atoms with Gasteiger partial charge in [-0.2, -0.15) is 5.26 Å². The summed E-state index contributed by atoms with van der Waals surface area (Å²) in [5.74, 6) is 0.490. The second-order valence-electron chi connectivity index (χ2n) is 5.59. The van der Waals surface area contributed by atoms with Crippen molar-refractivity contribution in [3.63, 3.8) is 0 Å². The van der Waals surface area contributed by atoms with Gasteiger partial charge in [0, 0.05) is 24.8 Å². The summed E-state index contributed by atoms with van der Waals surface area (Å²) in [6, 6.07) is 6.45. The van der Waals surface area contributed by atoms with Crippen molar-refractivity contribution in [3.8, 4) is 6.07 Å². The maximum absolute atomic E-state index is 10.8. The van der Waals surface area contributed by atoms with Gasteiger partial charge in [-0.05, 0) is 44.0 Å². The van der Waals surface area contributed by atoms with Crippen LogP contribution in [0.2, 0.25) is 0 Å². The topological polar surface area (TPSA) is 82.2 Å². The molecule has 0 amide bonds. The van der Waals surface area contributed by atoms with E-state index in [1.165, 1.54) is 32.0 Å². The van der Waals surface area contributed by atoms with Crippen LogP contribution in [0.4, 0.5) is 11.4 Å². The van der Waals surface area contributed by atoms with E-state index in [4.69, 9.17) is 5.26 Å². The van der Waals surface area contributed by atoms with Crippen molar-refractivity contribution in [2.45, 2.75) is 19.8 Å². The number of benzene rings is 1. The van der Waals surface area contributed by atoms with Gasteiger partial charge in [0.05, 0.1) is 4.92 Å². The summed E-state index contributed by atoms with van der Waals surface area (Å²) in [7, 11) is 0. The molecule has 0 saturated carbocycles. The minimum absolute atomic E-state index is 0.0946. The molecule has 112 valence electrons. The monoisotopic (exact) mass is 288 g/mol. The number of nitro groups is 1. The first-order valence-electron chi connectivity index (χ1n) is 7.25. The second kappa shape index (κ2) is 7.04. The Labute approximate surface area is 124 Å². The maximum atomic E-state index is 10.8. The third kappa shape index (κ3) is 4.17. The van der Waals surface area contributed by atoms with Crippen LogP contribution < -0.4 is 5.32 Å². The van der Waals surface area contributed by atoms with E-state index in [0.717, 1.165) is 18.8 Å². The summed E-state index contributed by atoms with van der Waals surface area (Å²) in [6.45, 7) is 6.40. The van der Waals surface area contributed by atoms with Gasteiger partial charge in [-0.15, -0.1) is 0 Å². The highest BCUT2D eigenvalue weighted by Gasteiger charge is 2.16. The molecule has 0 bridgehead atoms. The van der Waals surface area contributed by atoms with Crippen molar-refractivity contribution in [1.82, 2.24) is 4.90 Å². The molecule has 0 radical (unpaired) electrons. The molecule has 0 spiro atoms. The van der Waals surface area contributed by atoms with Gasteiger partial charge in [0.2, 0.25) is 0 Å². The Bertz CT molecular complexity index is 547. The number of nitriles is 1. The molecule has 6 nitrogen and oxygen atoms in total. The summed E-state index contributed by atoms with van der Waals surface area (Å²) in [4.78, 5) is 12.7. The molecule has 1 aromatic carbocycles. The fraction of sp³-hybridized carbons (Fsp3) is 0.533. The normalized spacial score (nSPS) is 16.4. The van der Waals surface area contributed by atoms with Crippen LogP contribution >= 0.6 is 0 Å². The first-order chi connectivity index (χ1) is 10.1. The number of hydrogen-bond donors (Lipinski definition) is 1. The van der Waals surface area contributed by atoms with Gasteiger partial charge in [0.25, 0.3) is 5.69 Å². The molecule has 0 aliphatic carbocycles. The summed E-state index contributed by atoms with van der Waals surface area (Å²) in [5.41, 5.74) is 0.704. The average molecular weight is 288 g/mol. The van der Waals surface area contributed by atoms with E-state index in [1.807, 2.05) is 6.07 Å². The third-order valence-corrected chi connectivity index (χ3v) is 3.74. The summed E-state index contributed by atoms with van der Waals surface area (Å²) in [6.07, 6.45) is 2.57. The molecule has 1 fully saturated rings. The molecule has 1 atom stereocenters. The highest BCUT2D eigenvalue weighted by atomic mass is 16.6. The predicted octanol–water partition coefficient (Wildman–Crippen LogP) is 2.61. The Hall–Kier alpha value is -2.13. The number of nitrogens with one attached hydrogen (secondary N) is 1. The van der Waals surface area contributed by atoms with Crippen LogP contribution in [-0.2, 0) is 0 Å². The van der Waals surface area contributed by atoms with Gasteiger partial charge < -0.3 is 10.2 Å². The predicted molar refractivity (Wildman–Crippen MR) is 81.1 cm³/mol. The lowest BCUT2D eigenvalue weighted by molar-refractivity contribution is -0.385. The quantitative estimate of drug-likeness (QED) is 0.642. The first kappa shape index (κ1) is 15.3. The third-order valence-electron chi connectivity index (χ3n) is 3.74. The van der Waals surface area contributed by atoms with Gasteiger partial charge in [0.1, 0.15) is 11.6 Å². The molecule has 1 heterocycles. The molecule has 1 N–H and O–H groups in total. The Morgan fingerprint density at radius 2 is 2.19 bits per heavy atom. The number of nitrogens with zero attached hydrogens (tertiary/aromatic N) is 3. The van der Waals surface area contributed by atoms with E-state index >= 15 is 0 Å². The number of nitro benzene ring substituents is 1. The zero-order valence-electron chi connectivity index (χ0n) is 12.2. The summed E-state index contributed by atoms with van der Waals surface area (Å²) < 4.78 is 0. The van der Waals surface area contributed by atoms with E-state index in [9.17, 15) is 10.1 Å². The average Bonchev–Trinajstić information content (AvgIpc) is 2.97. The van der Waals surface area contributed by atoms with Crippen LogP contribution in [0.5, 0.6) is 0 Å². The van der Waals surface area contributed by atoms with Crippen molar-refractivity contribution in [3.05, 3.63) is 33.9 Å². The Kier molecular flexibility index (Phi) is 5.12. The van der Waals surface area contributed by atoms with Crippen LogP contribution in [0, 0.1) is 27.4 Å².